The van der Waals surface area contributed by atoms with Gasteiger partial charge in [-0.2, -0.15) is 10.1 Å². The lowest BCUT2D eigenvalue weighted by Crippen LogP contribution is -2.06. The molecule has 8 heteroatoms. The topological polar surface area (TPSA) is 101 Å². The molecule has 1 aliphatic carbocycles. The number of nitrogens with two attached hydrogens (primary N) is 1. The van der Waals surface area contributed by atoms with E-state index in [-0.39, 0.29) is 0 Å². The van der Waals surface area contributed by atoms with Crippen LogP contribution in [0.1, 0.15) is 29.2 Å². The van der Waals surface area contributed by atoms with Crippen molar-refractivity contribution < 1.29 is 13.9 Å². The summed E-state index contributed by atoms with van der Waals surface area (Å²) in [5, 5.41) is 4.68. The van der Waals surface area contributed by atoms with Crippen LogP contribution in [0.2, 0.25) is 0 Å². The van der Waals surface area contributed by atoms with Crippen LogP contribution < -0.4 is 5.73 Å². The van der Waals surface area contributed by atoms with E-state index in [1.165, 1.54) is 7.11 Å². The Bertz CT molecular complexity index is 1170. The number of carbonyl (C=O) groups excluding carboxylic acids is 1. The highest BCUT2D eigenvalue weighted by atomic mass is 16.5. The van der Waals surface area contributed by atoms with Crippen LogP contribution in [0.25, 0.3) is 28.5 Å². The third kappa shape index (κ3) is 2.49. The molecular weight excluding hydrogens is 346 g/mol. The van der Waals surface area contributed by atoms with E-state index in [0.717, 1.165) is 29.8 Å². The highest BCUT2D eigenvalue weighted by molar-refractivity contribution is 5.97. The molecule has 0 aliphatic heterocycles. The number of nitrogen functional groups attached to an aromatic ring is 1. The number of methoxy groups -OCH3 is 1. The fourth-order valence-electron chi connectivity index (χ4n) is 3.24. The Labute approximate surface area is 154 Å². The fourth-order valence-corrected chi connectivity index (χ4v) is 3.24. The van der Waals surface area contributed by atoms with E-state index in [9.17, 15) is 4.79 Å². The molecule has 1 saturated carbocycles. The molecule has 0 amide bonds. The Hall–Kier alpha value is -3.55. The first kappa shape index (κ1) is 15.7. The van der Waals surface area contributed by atoms with E-state index in [1.807, 2.05) is 27.4 Å². The van der Waals surface area contributed by atoms with Crippen LogP contribution in [0.5, 0.6) is 0 Å². The number of benzene rings is 1. The van der Waals surface area contributed by atoms with Gasteiger partial charge in [-0.1, -0.05) is 6.07 Å². The molecule has 3 aromatic heterocycles. The van der Waals surface area contributed by atoms with Gasteiger partial charge in [0, 0.05) is 23.6 Å². The van der Waals surface area contributed by atoms with Crippen LogP contribution in [-0.4, -0.2) is 32.2 Å². The summed E-state index contributed by atoms with van der Waals surface area (Å²) in [4.78, 5) is 16.7. The zero-order valence-electron chi connectivity index (χ0n) is 14.6. The minimum absolute atomic E-state index is 0.308. The number of hydrogen-bond donors (Lipinski definition) is 1. The highest BCUT2D eigenvalue weighted by Crippen LogP contribution is 2.37. The van der Waals surface area contributed by atoms with Crippen LogP contribution in [-0.2, 0) is 4.74 Å². The summed E-state index contributed by atoms with van der Waals surface area (Å²) in [6.07, 6.45) is 7.63. The van der Waals surface area contributed by atoms with Gasteiger partial charge in [0.25, 0.3) is 0 Å². The van der Waals surface area contributed by atoms with Crippen molar-refractivity contribution >= 4 is 17.5 Å². The maximum atomic E-state index is 12.1. The molecule has 27 heavy (non-hydrogen) atoms. The average Bonchev–Trinajstić information content (AvgIpc) is 3.08. The van der Waals surface area contributed by atoms with E-state index in [4.69, 9.17) is 14.9 Å². The van der Waals surface area contributed by atoms with E-state index in [0.29, 0.717) is 28.8 Å². The monoisotopic (exact) mass is 363 g/mol. The summed E-state index contributed by atoms with van der Waals surface area (Å²) < 4.78 is 14.1. The molecule has 0 bridgehead atoms. The zero-order chi connectivity index (χ0) is 18.5. The molecule has 1 fully saturated rings. The van der Waals surface area contributed by atoms with Gasteiger partial charge >= 0.3 is 11.8 Å². The summed E-state index contributed by atoms with van der Waals surface area (Å²) in [5.74, 6) is -0.0284. The number of anilines is 1. The minimum atomic E-state index is -0.484. The molecule has 3 heterocycles. The number of imidazole rings is 1. The summed E-state index contributed by atoms with van der Waals surface area (Å²) in [7, 11) is 1.33. The van der Waals surface area contributed by atoms with Gasteiger partial charge in [0.05, 0.1) is 24.4 Å². The summed E-state index contributed by atoms with van der Waals surface area (Å²) >= 11 is 0. The molecular formula is C19H17N5O3. The first-order chi connectivity index (χ1) is 13.2. The van der Waals surface area contributed by atoms with Crippen LogP contribution in [0, 0.1) is 0 Å². The third-order valence-electron chi connectivity index (χ3n) is 4.77. The van der Waals surface area contributed by atoms with Crippen molar-refractivity contribution in [3.63, 3.8) is 0 Å². The minimum Gasteiger partial charge on any atom is -0.465 e. The normalized spacial score (nSPS) is 14.0. The number of carbonyl (C=O) groups is 1. The third-order valence-corrected chi connectivity index (χ3v) is 4.77. The Balaban J connectivity index is 1.70. The van der Waals surface area contributed by atoms with Crippen LogP contribution in [0.4, 0.5) is 5.69 Å². The van der Waals surface area contributed by atoms with Crippen LogP contribution in [0.15, 0.2) is 47.3 Å². The van der Waals surface area contributed by atoms with Gasteiger partial charge in [-0.15, -0.1) is 0 Å². The van der Waals surface area contributed by atoms with Gasteiger partial charge in [0.1, 0.15) is 17.7 Å². The Kier molecular flexibility index (Phi) is 3.33. The second-order valence-corrected chi connectivity index (χ2v) is 6.57. The molecule has 1 aromatic carbocycles. The lowest BCUT2D eigenvalue weighted by Gasteiger charge is -2.08. The van der Waals surface area contributed by atoms with Crippen molar-refractivity contribution in [1.29, 1.82) is 0 Å². The predicted octanol–water partition coefficient (Wildman–Crippen LogP) is 3.16. The molecule has 0 radical (unpaired) electrons. The second-order valence-electron chi connectivity index (χ2n) is 6.57. The van der Waals surface area contributed by atoms with Gasteiger partial charge in [0.2, 0.25) is 0 Å². The van der Waals surface area contributed by atoms with Crippen molar-refractivity contribution in [2.75, 3.05) is 12.8 Å². The smallest absolute Gasteiger partial charge is 0.339 e. The zero-order valence-corrected chi connectivity index (χ0v) is 14.6. The van der Waals surface area contributed by atoms with Gasteiger partial charge < -0.3 is 14.9 Å². The molecule has 2 N–H and O–H groups in total. The molecule has 1 aliphatic rings. The van der Waals surface area contributed by atoms with Crippen molar-refractivity contribution in [1.82, 2.24) is 19.2 Å². The largest absolute Gasteiger partial charge is 0.465 e. The van der Waals surface area contributed by atoms with E-state index >= 15 is 0 Å². The molecule has 0 unspecified atom stereocenters. The number of aromatic nitrogens is 4. The predicted molar refractivity (Wildman–Crippen MR) is 98.1 cm³/mol. The maximum absolute atomic E-state index is 12.1. The molecule has 136 valence electrons. The molecule has 0 spiro atoms. The Morgan fingerprint density at radius 3 is 2.93 bits per heavy atom. The first-order valence-electron chi connectivity index (χ1n) is 8.65. The lowest BCUT2D eigenvalue weighted by molar-refractivity contribution is 0.0602. The summed E-state index contributed by atoms with van der Waals surface area (Å²) in [5.41, 5.74) is 9.62. The number of ether oxygens (including phenoxy) is 1. The van der Waals surface area contributed by atoms with Gasteiger partial charge in [0.15, 0.2) is 0 Å². The summed E-state index contributed by atoms with van der Waals surface area (Å²) in [6, 6.07) is 7.67. The number of rotatable bonds is 4. The number of fused-ring (bicyclic) bond motifs is 1. The van der Waals surface area contributed by atoms with Crippen LogP contribution >= 0.6 is 0 Å². The quantitative estimate of drug-likeness (QED) is 0.441. The number of nitrogens with zero attached hydrogens (tertiary/aromatic N) is 4. The van der Waals surface area contributed by atoms with Gasteiger partial charge in [-0.3, -0.25) is 9.08 Å². The molecule has 8 nitrogen and oxygen atoms in total. The average molecular weight is 363 g/mol. The van der Waals surface area contributed by atoms with Gasteiger partial charge in [-0.25, -0.2) is 4.79 Å². The SMILES string of the molecule is COC(=O)c1cc(-c2c(-c3ccn(C4CC4)n3)nc3occn23)ccc1N. The van der Waals surface area contributed by atoms with E-state index < -0.39 is 5.97 Å². The van der Waals surface area contributed by atoms with Crippen molar-refractivity contribution in [3.8, 4) is 22.6 Å². The van der Waals surface area contributed by atoms with Crippen molar-refractivity contribution in [3.05, 3.63) is 48.5 Å². The van der Waals surface area contributed by atoms with Crippen LogP contribution in [0.3, 0.4) is 0 Å². The van der Waals surface area contributed by atoms with Crippen molar-refractivity contribution in [2.24, 2.45) is 0 Å². The summed E-state index contributed by atoms with van der Waals surface area (Å²) in [6.45, 7) is 0. The fraction of sp³-hybridized carbons (Fsp3) is 0.211. The highest BCUT2D eigenvalue weighted by Gasteiger charge is 2.26. The number of oxazole rings is 1. The van der Waals surface area contributed by atoms with Crippen molar-refractivity contribution in [2.45, 2.75) is 18.9 Å². The Morgan fingerprint density at radius 1 is 1.30 bits per heavy atom. The first-order valence-corrected chi connectivity index (χ1v) is 8.65. The lowest BCUT2D eigenvalue weighted by atomic mass is 10.0. The molecule has 5 rings (SSSR count). The standard InChI is InChI=1S/C19H17N5O3/c1-26-18(25)13-10-11(2-5-14(13)20)17-16(21-19-23(17)8-9-27-19)15-6-7-24(22-15)12-3-4-12/h2,5-10,12H,3-4,20H2,1H3. The number of hydrogen-bond acceptors (Lipinski definition) is 6. The second kappa shape index (κ2) is 5.73. The van der Waals surface area contributed by atoms with Gasteiger partial charge in [-0.05, 0) is 31.0 Å². The molecule has 0 atom stereocenters. The van der Waals surface area contributed by atoms with E-state index in [1.54, 1.807) is 24.6 Å². The molecule has 0 saturated heterocycles. The van der Waals surface area contributed by atoms with E-state index in [2.05, 4.69) is 10.1 Å². The number of esters is 1. The molecule has 4 aromatic rings. The Morgan fingerprint density at radius 2 is 2.15 bits per heavy atom. The maximum Gasteiger partial charge on any atom is 0.339 e.